The highest BCUT2D eigenvalue weighted by Crippen LogP contribution is 2.15. The molecule has 1 aliphatic rings. The second kappa shape index (κ2) is 7.01. The van der Waals surface area contributed by atoms with Crippen LogP contribution < -0.4 is 0 Å². The van der Waals surface area contributed by atoms with Gasteiger partial charge in [0.25, 0.3) is 0 Å². The van der Waals surface area contributed by atoms with E-state index in [1.54, 1.807) is 0 Å². The lowest BCUT2D eigenvalue weighted by atomic mass is 10.1. The van der Waals surface area contributed by atoms with Crippen LogP contribution in [0.1, 0.15) is 33.1 Å². The van der Waals surface area contributed by atoms with Gasteiger partial charge in [-0.15, -0.1) is 0 Å². The van der Waals surface area contributed by atoms with E-state index in [9.17, 15) is 0 Å². The Morgan fingerprint density at radius 2 is 2.40 bits per heavy atom. The van der Waals surface area contributed by atoms with Crippen molar-refractivity contribution in [2.75, 3.05) is 6.61 Å². The fraction of sp³-hybridized carbons (Fsp3) is 0.727. The van der Waals surface area contributed by atoms with Crippen molar-refractivity contribution < 1.29 is 8.57 Å². The van der Waals surface area contributed by atoms with Crippen LogP contribution in [0.2, 0.25) is 0 Å². The van der Waals surface area contributed by atoms with Crippen molar-refractivity contribution in [1.29, 1.82) is 0 Å². The zero-order valence-electron chi connectivity index (χ0n) is 9.28. The van der Waals surface area contributed by atoms with Crippen molar-refractivity contribution in [3.05, 3.63) is 11.8 Å². The average molecular weight is 276 g/mol. The van der Waals surface area contributed by atoms with E-state index < -0.39 is 0 Å². The standard InChI is InChI=1S/C11H18BrNO2/c1-3-10-4-5-11(15-12)8-14-9(2)6-7-13-10/h6-7,10-11H,3-5,8H2,1-2H3/b9-6+,13-7-. The Hall–Kier alpha value is -0.350. The maximum atomic E-state index is 5.51. The first-order valence-electron chi connectivity index (χ1n) is 5.36. The quantitative estimate of drug-likeness (QED) is 0.775. The number of allylic oxidation sites excluding steroid dienone is 2. The summed E-state index contributed by atoms with van der Waals surface area (Å²) in [7, 11) is 0. The number of halogens is 1. The smallest absolute Gasteiger partial charge is 0.115 e. The van der Waals surface area contributed by atoms with Gasteiger partial charge >= 0.3 is 0 Å². The summed E-state index contributed by atoms with van der Waals surface area (Å²) in [6.07, 6.45) is 6.93. The third-order valence-electron chi connectivity index (χ3n) is 2.52. The predicted molar refractivity (Wildman–Crippen MR) is 65.3 cm³/mol. The first-order chi connectivity index (χ1) is 7.26. The van der Waals surface area contributed by atoms with Crippen molar-refractivity contribution >= 4 is 22.5 Å². The Labute approximate surface area is 100 Å². The first kappa shape index (κ1) is 12.7. The summed E-state index contributed by atoms with van der Waals surface area (Å²) >= 11 is 3.04. The first-order valence-corrected chi connectivity index (χ1v) is 6.01. The van der Waals surface area contributed by atoms with Crippen LogP contribution in [0.3, 0.4) is 0 Å². The average Bonchev–Trinajstić information content (AvgIpc) is 2.26. The summed E-state index contributed by atoms with van der Waals surface area (Å²) in [4.78, 5) is 4.47. The highest BCUT2D eigenvalue weighted by molar-refractivity contribution is 9.06. The maximum Gasteiger partial charge on any atom is 0.115 e. The molecule has 15 heavy (non-hydrogen) atoms. The second-order valence-electron chi connectivity index (χ2n) is 3.74. The minimum Gasteiger partial charge on any atom is -0.495 e. The molecule has 0 amide bonds. The Balaban J connectivity index is 2.62. The van der Waals surface area contributed by atoms with Crippen molar-refractivity contribution in [2.45, 2.75) is 45.3 Å². The van der Waals surface area contributed by atoms with Crippen LogP contribution in [0.15, 0.2) is 16.8 Å². The third kappa shape index (κ3) is 4.80. The molecule has 0 aromatic carbocycles. The summed E-state index contributed by atoms with van der Waals surface area (Å²) in [5.74, 6) is 0.880. The fourth-order valence-electron chi connectivity index (χ4n) is 1.46. The molecular formula is C11H18BrNO2. The number of ether oxygens (including phenoxy) is 1. The van der Waals surface area contributed by atoms with Crippen LogP contribution in [0.25, 0.3) is 0 Å². The lowest BCUT2D eigenvalue weighted by Gasteiger charge is -2.18. The monoisotopic (exact) mass is 275 g/mol. The van der Waals surface area contributed by atoms with Crippen LogP contribution in [0.5, 0.6) is 0 Å². The summed E-state index contributed by atoms with van der Waals surface area (Å²) in [5, 5.41) is 0. The van der Waals surface area contributed by atoms with Crippen LogP contribution in [0.4, 0.5) is 0 Å². The van der Waals surface area contributed by atoms with Gasteiger partial charge in [0.05, 0.1) is 22.0 Å². The van der Waals surface area contributed by atoms with E-state index >= 15 is 0 Å². The van der Waals surface area contributed by atoms with Gasteiger partial charge in [-0.05, 0) is 32.3 Å². The van der Waals surface area contributed by atoms with Crippen LogP contribution in [-0.4, -0.2) is 25.0 Å². The van der Waals surface area contributed by atoms with E-state index in [4.69, 9.17) is 8.57 Å². The molecule has 2 unspecified atom stereocenters. The van der Waals surface area contributed by atoms with Crippen LogP contribution in [-0.2, 0) is 8.57 Å². The fourth-order valence-corrected chi connectivity index (χ4v) is 1.75. The molecule has 0 aromatic heterocycles. The molecule has 0 radical (unpaired) electrons. The predicted octanol–water partition coefficient (Wildman–Crippen LogP) is 3.25. The zero-order valence-corrected chi connectivity index (χ0v) is 10.9. The van der Waals surface area contributed by atoms with Gasteiger partial charge in [-0.1, -0.05) is 6.92 Å². The number of hydrogen-bond donors (Lipinski definition) is 0. The molecular weight excluding hydrogens is 258 g/mol. The van der Waals surface area contributed by atoms with E-state index in [-0.39, 0.29) is 6.10 Å². The second-order valence-corrected chi connectivity index (χ2v) is 4.11. The zero-order chi connectivity index (χ0) is 11.1. The van der Waals surface area contributed by atoms with Gasteiger partial charge < -0.3 is 8.57 Å². The molecule has 0 fully saturated rings. The summed E-state index contributed by atoms with van der Waals surface area (Å²) in [6, 6.07) is 0.400. The van der Waals surface area contributed by atoms with E-state index in [1.165, 1.54) is 0 Å². The highest BCUT2D eigenvalue weighted by Gasteiger charge is 2.13. The molecule has 0 saturated carbocycles. The van der Waals surface area contributed by atoms with E-state index in [1.807, 2.05) is 19.2 Å². The molecule has 0 N–H and O–H groups in total. The number of nitrogens with zero attached hydrogens (tertiary/aromatic N) is 1. The molecule has 0 aliphatic carbocycles. The van der Waals surface area contributed by atoms with Crippen molar-refractivity contribution in [2.24, 2.45) is 4.99 Å². The molecule has 4 heteroatoms. The molecule has 2 atom stereocenters. The molecule has 0 aromatic rings. The highest BCUT2D eigenvalue weighted by atomic mass is 79.9. The van der Waals surface area contributed by atoms with E-state index in [2.05, 4.69) is 28.2 Å². The third-order valence-corrected chi connectivity index (χ3v) is 3.05. The van der Waals surface area contributed by atoms with Gasteiger partial charge in [0.2, 0.25) is 0 Å². The summed E-state index contributed by atoms with van der Waals surface area (Å²) in [6.45, 7) is 4.68. The SMILES string of the molecule is CCC1CCC(OBr)CO/C(C)=C/C=N\1. The number of hydrogen-bond acceptors (Lipinski definition) is 3. The lowest BCUT2D eigenvalue weighted by molar-refractivity contribution is 0.102. The Morgan fingerprint density at radius 3 is 3.07 bits per heavy atom. The Morgan fingerprint density at radius 1 is 1.60 bits per heavy atom. The Bertz CT molecular complexity index is 241. The van der Waals surface area contributed by atoms with Gasteiger partial charge in [-0.3, -0.25) is 4.99 Å². The van der Waals surface area contributed by atoms with Crippen molar-refractivity contribution in [1.82, 2.24) is 0 Å². The number of aliphatic imine (C=N–C) groups is 1. The number of rotatable bonds is 2. The van der Waals surface area contributed by atoms with Gasteiger partial charge in [0.1, 0.15) is 12.7 Å². The largest absolute Gasteiger partial charge is 0.495 e. The molecule has 86 valence electrons. The molecule has 0 spiro atoms. The maximum absolute atomic E-state index is 5.51. The molecule has 1 aliphatic heterocycles. The van der Waals surface area contributed by atoms with Gasteiger partial charge in [0, 0.05) is 12.3 Å². The van der Waals surface area contributed by atoms with Gasteiger partial charge in [0.15, 0.2) is 0 Å². The van der Waals surface area contributed by atoms with Gasteiger partial charge in [-0.25, -0.2) is 0 Å². The van der Waals surface area contributed by atoms with E-state index in [0.717, 1.165) is 25.0 Å². The summed E-state index contributed by atoms with van der Waals surface area (Å²) < 4.78 is 10.7. The Kier molecular flexibility index (Phi) is 5.95. The van der Waals surface area contributed by atoms with Crippen molar-refractivity contribution in [3.8, 4) is 0 Å². The van der Waals surface area contributed by atoms with Crippen LogP contribution in [0, 0.1) is 0 Å². The minimum absolute atomic E-state index is 0.107. The molecule has 0 saturated heterocycles. The molecule has 1 rings (SSSR count). The topological polar surface area (TPSA) is 30.8 Å². The van der Waals surface area contributed by atoms with Crippen molar-refractivity contribution in [3.63, 3.8) is 0 Å². The van der Waals surface area contributed by atoms with Gasteiger partial charge in [-0.2, -0.15) is 0 Å². The lowest BCUT2D eigenvalue weighted by Crippen LogP contribution is -2.19. The molecule has 3 nitrogen and oxygen atoms in total. The molecule has 0 bridgehead atoms. The molecule has 1 heterocycles. The minimum atomic E-state index is 0.107. The van der Waals surface area contributed by atoms with E-state index in [0.29, 0.717) is 12.6 Å². The van der Waals surface area contributed by atoms with Crippen LogP contribution >= 0.6 is 16.3 Å². The normalized spacial score (nSPS) is 33.7. The summed E-state index contributed by atoms with van der Waals surface area (Å²) in [5.41, 5.74) is 0.